The summed E-state index contributed by atoms with van der Waals surface area (Å²) in [5.74, 6) is 2.00. The standard InChI is InChI=1S/C28H25ClN4O5S/c1-39(35,36)16-15-32-19-26(20-3-2-4-25(17-20)38-27-18-30-13-14-31-27)33(28(32)34)22-7-11-24(12-8-22)37-23-9-5-21(29)6-10-23/h2-14,17-18,26H,15-16,19H2,1H3. The van der Waals surface area contributed by atoms with E-state index in [1.807, 2.05) is 18.2 Å². The van der Waals surface area contributed by atoms with Gasteiger partial charge in [-0.05, 0) is 66.2 Å². The molecule has 39 heavy (non-hydrogen) atoms. The molecule has 2 heterocycles. The number of ether oxygens (including phenoxy) is 2. The first kappa shape index (κ1) is 26.5. The first-order valence-corrected chi connectivity index (χ1v) is 14.5. The summed E-state index contributed by atoms with van der Waals surface area (Å²) in [6, 6.07) is 20.9. The van der Waals surface area contributed by atoms with E-state index in [4.69, 9.17) is 21.1 Å². The molecule has 200 valence electrons. The van der Waals surface area contributed by atoms with Gasteiger partial charge in [-0.3, -0.25) is 9.88 Å². The quantitative estimate of drug-likeness (QED) is 0.255. The second kappa shape index (κ2) is 11.3. The molecule has 1 saturated heterocycles. The molecule has 0 N–H and O–H groups in total. The van der Waals surface area contributed by atoms with E-state index in [9.17, 15) is 13.2 Å². The van der Waals surface area contributed by atoms with E-state index >= 15 is 0 Å². The largest absolute Gasteiger partial charge is 0.457 e. The third-order valence-corrected chi connectivity index (χ3v) is 7.26. The number of aromatic nitrogens is 2. The van der Waals surface area contributed by atoms with E-state index in [0.717, 1.165) is 11.8 Å². The summed E-state index contributed by atoms with van der Waals surface area (Å²) in [5, 5.41) is 0.614. The number of amides is 2. The van der Waals surface area contributed by atoms with E-state index < -0.39 is 9.84 Å². The highest BCUT2D eigenvalue weighted by Crippen LogP contribution is 2.37. The average molecular weight is 565 g/mol. The van der Waals surface area contributed by atoms with Crippen molar-refractivity contribution in [3.63, 3.8) is 0 Å². The summed E-state index contributed by atoms with van der Waals surface area (Å²) in [7, 11) is -3.25. The molecular formula is C28H25ClN4O5S. The number of halogens is 1. The minimum atomic E-state index is -3.25. The van der Waals surface area contributed by atoms with Crippen molar-refractivity contribution >= 4 is 33.2 Å². The Hall–Kier alpha value is -4.15. The molecule has 5 rings (SSSR count). The molecule has 3 aromatic carbocycles. The summed E-state index contributed by atoms with van der Waals surface area (Å²) in [6.45, 7) is 0.407. The number of carbonyl (C=O) groups is 1. The van der Waals surface area contributed by atoms with Crippen LogP contribution in [-0.2, 0) is 9.84 Å². The molecule has 1 aliphatic rings. The Morgan fingerprint density at radius 2 is 1.67 bits per heavy atom. The van der Waals surface area contributed by atoms with Gasteiger partial charge in [-0.15, -0.1) is 0 Å². The molecule has 1 aliphatic heterocycles. The molecule has 1 unspecified atom stereocenters. The fourth-order valence-electron chi connectivity index (χ4n) is 4.22. The Balaban J connectivity index is 1.42. The van der Waals surface area contributed by atoms with Crippen LogP contribution in [0.3, 0.4) is 0 Å². The number of sulfone groups is 1. The third-order valence-electron chi connectivity index (χ3n) is 6.08. The van der Waals surface area contributed by atoms with Gasteiger partial charge in [-0.25, -0.2) is 18.2 Å². The van der Waals surface area contributed by atoms with E-state index in [1.54, 1.807) is 70.6 Å². The van der Waals surface area contributed by atoms with Crippen LogP contribution in [-0.4, -0.2) is 54.4 Å². The van der Waals surface area contributed by atoms with Gasteiger partial charge in [0.25, 0.3) is 0 Å². The molecule has 0 aliphatic carbocycles. The van der Waals surface area contributed by atoms with Crippen molar-refractivity contribution in [3.05, 3.63) is 102 Å². The minimum Gasteiger partial charge on any atom is -0.457 e. The molecule has 1 aromatic heterocycles. The first-order chi connectivity index (χ1) is 18.7. The number of carbonyl (C=O) groups excluding carboxylic acids is 1. The fourth-order valence-corrected chi connectivity index (χ4v) is 4.90. The minimum absolute atomic E-state index is 0.0955. The first-order valence-electron chi connectivity index (χ1n) is 12.1. The van der Waals surface area contributed by atoms with Crippen molar-refractivity contribution in [1.82, 2.24) is 14.9 Å². The SMILES string of the molecule is CS(=O)(=O)CCN1CC(c2cccc(Oc3cnccn3)c2)N(c2ccc(Oc3ccc(Cl)cc3)cc2)C1=O. The van der Waals surface area contributed by atoms with Gasteiger partial charge in [0.05, 0.1) is 18.0 Å². The highest BCUT2D eigenvalue weighted by atomic mass is 35.5. The van der Waals surface area contributed by atoms with E-state index in [2.05, 4.69) is 9.97 Å². The van der Waals surface area contributed by atoms with Gasteiger partial charge in [0.2, 0.25) is 5.88 Å². The van der Waals surface area contributed by atoms with Crippen LogP contribution < -0.4 is 14.4 Å². The fraction of sp³-hybridized carbons (Fsp3) is 0.179. The zero-order valence-electron chi connectivity index (χ0n) is 21.0. The average Bonchev–Trinajstić information content (AvgIpc) is 3.26. The summed E-state index contributed by atoms with van der Waals surface area (Å²) in [4.78, 5) is 24.9. The van der Waals surface area contributed by atoms with Crippen molar-refractivity contribution in [2.24, 2.45) is 0 Å². The Kier molecular flexibility index (Phi) is 7.67. The van der Waals surface area contributed by atoms with Crippen LogP contribution in [0.4, 0.5) is 10.5 Å². The van der Waals surface area contributed by atoms with E-state index in [-0.39, 0.29) is 24.4 Å². The molecule has 2 amide bonds. The summed E-state index contributed by atoms with van der Waals surface area (Å²) < 4.78 is 35.4. The summed E-state index contributed by atoms with van der Waals surface area (Å²) >= 11 is 5.95. The molecule has 0 spiro atoms. The zero-order chi connectivity index (χ0) is 27.4. The highest BCUT2D eigenvalue weighted by molar-refractivity contribution is 7.90. The van der Waals surface area contributed by atoms with Gasteiger partial charge >= 0.3 is 6.03 Å². The number of rotatable bonds is 9. The Morgan fingerprint density at radius 3 is 2.33 bits per heavy atom. The lowest BCUT2D eigenvalue weighted by Gasteiger charge is -2.24. The van der Waals surface area contributed by atoms with Gasteiger partial charge < -0.3 is 14.4 Å². The van der Waals surface area contributed by atoms with Crippen molar-refractivity contribution in [2.75, 3.05) is 30.0 Å². The van der Waals surface area contributed by atoms with Crippen molar-refractivity contribution < 1.29 is 22.7 Å². The number of hydrogen-bond donors (Lipinski definition) is 0. The van der Waals surface area contributed by atoms with Crippen LogP contribution in [0, 0.1) is 0 Å². The Bertz CT molecular complexity index is 1550. The second-order valence-electron chi connectivity index (χ2n) is 9.01. The van der Waals surface area contributed by atoms with Crippen LogP contribution in [0.5, 0.6) is 23.1 Å². The van der Waals surface area contributed by atoms with Crippen molar-refractivity contribution in [2.45, 2.75) is 6.04 Å². The molecule has 0 radical (unpaired) electrons. The maximum absolute atomic E-state index is 13.6. The number of hydrogen-bond acceptors (Lipinski definition) is 7. The van der Waals surface area contributed by atoms with Crippen LogP contribution in [0.2, 0.25) is 5.02 Å². The normalized spacial score (nSPS) is 15.4. The highest BCUT2D eigenvalue weighted by Gasteiger charge is 2.39. The molecule has 1 fully saturated rings. The van der Waals surface area contributed by atoms with Crippen molar-refractivity contribution in [1.29, 1.82) is 0 Å². The second-order valence-corrected chi connectivity index (χ2v) is 11.7. The topological polar surface area (TPSA) is 102 Å². The third kappa shape index (κ3) is 6.65. The van der Waals surface area contributed by atoms with Gasteiger partial charge in [0.15, 0.2) is 0 Å². The van der Waals surface area contributed by atoms with Gasteiger partial charge in [-0.2, -0.15) is 0 Å². The van der Waals surface area contributed by atoms with E-state index in [0.29, 0.717) is 40.4 Å². The van der Waals surface area contributed by atoms with E-state index in [1.165, 1.54) is 12.4 Å². The van der Waals surface area contributed by atoms with Gasteiger partial charge in [0.1, 0.15) is 27.1 Å². The molecule has 0 bridgehead atoms. The molecule has 0 saturated carbocycles. The van der Waals surface area contributed by atoms with Crippen molar-refractivity contribution in [3.8, 4) is 23.1 Å². The monoisotopic (exact) mass is 564 g/mol. The molecular weight excluding hydrogens is 540 g/mol. The number of benzene rings is 3. The number of nitrogens with zero attached hydrogens (tertiary/aromatic N) is 4. The van der Waals surface area contributed by atoms with Gasteiger partial charge in [0, 0.05) is 42.4 Å². The van der Waals surface area contributed by atoms with Crippen LogP contribution in [0.15, 0.2) is 91.4 Å². The summed E-state index contributed by atoms with van der Waals surface area (Å²) in [5.41, 5.74) is 1.48. The Labute approximate surface area is 231 Å². The smallest absolute Gasteiger partial charge is 0.325 e. The van der Waals surface area contributed by atoms with Crippen LogP contribution in [0.25, 0.3) is 0 Å². The summed E-state index contributed by atoms with van der Waals surface area (Å²) in [6.07, 6.45) is 5.77. The molecule has 9 nitrogen and oxygen atoms in total. The zero-order valence-corrected chi connectivity index (χ0v) is 22.5. The predicted octanol–water partition coefficient (Wildman–Crippen LogP) is 5.74. The number of anilines is 1. The molecule has 11 heteroatoms. The molecule has 4 aromatic rings. The maximum Gasteiger partial charge on any atom is 0.325 e. The van der Waals surface area contributed by atoms with Crippen LogP contribution in [0.1, 0.15) is 11.6 Å². The predicted molar refractivity (Wildman–Crippen MR) is 148 cm³/mol. The maximum atomic E-state index is 13.6. The molecule has 1 atom stereocenters. The number of urea groups is 1. The lowest BCUT2D eigenvalue weighted by atomic mass is 10.1. The lowest BCUT2D eigenvalue weighted by molar-refractivity contribution is 0.223. The Morgan fingerprint density at radius 1 is 0.949 bits per heavy atom. The van der Waals surface area contributed by atoms with Crippen LogP contribution >= 0.6 is 11.6 Å². The lowest BCUT2D eigenvalue weighted by Crippen LogP contribution is -2.35. The van der Waals surface area contributed by atoms with Gasteiger partial charge in [-0.1, -0.05) is 23.7 Å².